The van der Waals surface area contributed by atoms with E-state index in [0.29, 0.717) is 42.0 Å². The molecule has 0 aliphatic carbocycles. The topological polar surface area (TPSA) is 109 Å². The number of primary sulfonamides is 1. The Kier molecular flexibility index (Phi) is 5.78. The van der Waals surface area contributed by atoms with Crippen LogP contribution >= 0.6 is 22.9 Å². The van der Waals surface area contributed by atoms with Gasteiger partial charge in [-0.15, -0.1) is 0 Å². The molecule has 11 heteroatoms. The second-order valence-electron chi connectivity index (χ2n) is 5.80. The fraction of sp³-hybridized carbons (Fsp3) is 0.333. The number of rotatable bonds is 5. The summed E-state index contributed by atoms with van der Waals surface area (Å²) in [5, 5.41) is 9.04. The molecule has 1 aromatic heterocycles. The molecule has 1 aliphatic rings. The summed E-state index contributed by atoms with van der Waals surface area (Å²) in [4.78, 5) is 20.3. The number of halogens is 1. The summed E-state index contributed by atoms with van der Waals surface area (Å²) in [6.45, 7) is 2.90. The minimum atomic E-state index is -3.73. The maximum Gasteiger partial charge on any atom is 0.249 e. The van der Waals surface area contributed by atoms with Crippen LogP contribution < -0.4 is 15.4 Å². The smallest absolute Gasteiger partial charge is 0.249 e. The van der Waals surface area contributed by atoms with Gasteiger partial charge in [-0.05, 0) is 12.1 Å². The van der Waals surface area contributed by atoms with E-state index in [4.69, 9.17) is 16.7 Å². The van der Waals surface area contributed by atoms with E-state index in [0.717, 1.165) is 11.3 Å². The van der Waals surface area contributed by atoms with Crippen LogP contribution in [0.5, 0.6) is 0 Å². The Bertz CT molecular complexity index is 894. The van der Waals surface area contributed by atoms with Crippen LogP contribution in [-0.2, 0) is 14.8 Å². The fourth-order valence-corrected chi connectivity index (χ4v) is 4.35. The molecule has 8 nitrogen and oxygen atoms in total. The quantitative estimate of drug-likeness (QED) is 0.759. The molecule has 0 spiro atoms. The lowest BCUT2D eigenvalue weighted by Crippen LogP contribution is -2.48. The number of sulfonamides is 1. The molecule has 2 heterocycles. The molecule has 140 valence electrons. The molecular weight excluding hydrogens is 398 g/mol. The average Bonchev–Trinajstić information content (AvgIpc) is 3.08. The van der Waals surface area contributed by atoms with Gasteiger partial charge in [0.15, 0.2) is 9.34 Å². The van der Waals surface area contributed by atoms with Crippen molar-refractivity contribution in [2.45, 2.75) is 4.21 Å². The summed E-state index contributed by atoms with van der Waals surface area (Å²) in [5.41, 5.74) is 0.594. The highest BCUT2D eigenvalue weighted by molar-refractivity contribution is 7.91. The molecular formula is C15H18ClN5O3S2. The molecule has 3 N–H and O–H groups in total. The van der Waals surface area contributed by atoms with E-state index in [1.54, 1.807) is 18.2 Å². The number of nitrogens with one attached hydrogen (secondary N) is 1. The van der Waals surface area contributed by atoms with Gasteiger partial charge in [-0.25, -0.2) is 18.5 Å². The van der Waals surface area contributed by atoms with Crippen molar-refractivity contribution >= 4 is 49.7 Å². The van der Waals surface area contributed by atoms with Crippen molar-refractivity contribution in [2.75, 3.05) is 42.9 Å². The standard InChI is InChI=1S/C15H18ClN5O3S2/c16-11-3-1-2-4-12(11)19-13(22)10-20-5-7-21(8-6-20)15-18-9-14(25-15)26(17,23)24/h1-4,9H,5-8,10H2,(H,19,22)(H2,17,23,24). The SMILES string of the molecule is NS(=O)(=O)c1cnc(N2CCN(CC(=O)Nc3ccccc3Cl)CC2)s1. The maximum atomic E-state index is 12.2. The number of aromatic nitrogens is 1. The predicted octanol–water partition coefficient (Wildman–Crippen LogP) is 1.20. The Morgan fingerprint density at radius 1 is 1.27 bits per heavy atom. The summed E-state index contributed by atoms with van der Waals surface area (Å²) in [7, 11) is -3.73. The van der Waals surface area contributed by atoms with Crippen molar-refractivity contribution in [3.8, 4) is 0 Å². The zero-order chi connectivity index (χ0) is 18.7. The molecule has 3 rings (SSSR count). The number of thiazole rings is 1. The highest BCUT2D eigenvalue weighted by atomic mass is 35.5. The van der Waals surface area contributed by atoms with E-state index in [1.165, 1.54) is 6.20 Å². The number of hydrogen-bond acceptors (Lipinski definition) is 7. The average molecular weight is 416 g/mol. The Balaban J connectivity index is 1.51. The zero-order valence-electron chi connectivity index (χ0n) is 13.8. The first-order valence-electron chi connectivity index (χ1n) is 7.83. The summed E-state index contributed by atoms with van der Waals surface area (Å²) < 4.78 is 22.7. The lowest BCUT2D eigenvalue weighted by molar-refractivity contribution is -0.117. The number of anilines is 2. The van der Waals surface area contributed by atoms with Gasteiger partial charge in [-0.1, -0.05) is 35.1 Å². The van der Waals surface area contributed by atoms with Gasteiger partial charge in [0.25, 0.3) is 0 Å². The van der Waals surface area contributed by atoms with Gasteiger partial charge in [0.1, 0.15) is 0 Å². The number of piperazine rings is 1. The van der Waals surface area contributed by atoms with Gasteiger partial charge in [0, 0.05) is 26.2 Å². The van der Waals surface area contributed by atoms with Crippen molar-refractivity contribution in [1.29, 1.82) is 0 Å². The van der Waals surface area contributed by atoms with Crippen LogP contribution in [-0.4, -0.2) is 56.9 Å². The van der Waals surface area contributed by atoms with Crippen LogP contribution in [0.25, 0.3) is 0 Å². The van der Waals surface area contributed by atoms with Gasteiger partial charge in [0.05, 0.1) is 23.5 Å². The summed E-state index contributed by atoms with van der Waals surface area (Å²) in [6, 6.07) is 7.09. The van der Waals surface area contributed by atoms with E-state index >= 15 is 0 Å². The molecule has 0 bridgehead atoms. The molecule has 1 fully saturated rings. The Morgan fingerprint density at radius 2 is 1.96 bits per heavy atom. The molecule has 2 aromatic rings. The minimum Gasteiger partial charge on any atom is -0.345 e. The zero-order valence-corrected chi connectivity index (χ0v) is 16.1. The third-order valence-electron chi connectivity index (χ3n) is 3.91. The Morgan fingerprint density at radius 3 is 2.58 bits per heavy atom. The number of carbonyl (C=O) groups excluding carboxylic acids is 1. The van der Waals surface area contributed by atoms with Gasteiger partial charge in [0.2, 0.25) is 15.9 Å². The van der Waals surface area contributed by atoms with E-state index in [9.17, 15) is 13.2 Å². The van der Waals surface area contributed by atoms with E-state index < -0.39 is 10.0 Å². The van der Waals surface area contributed by atoms with Crippen LogP contribution in [0.15, 0.2) is 34.7 Å². The molecule has 1 aromatic carbocycles. The van der Waals surface area contributed by atoms with Crippen molar-refractivity contribution in [2.24, 2.45) is 5.14 Å². The first kappa shape index (κ1) is 19.1. The normalized spacial score (nSPS) is 15.8. The molecule has 0 saturated carbocycles. The molecule has 0 atom stereocenters. The summed E-state index contributed by atoms with van der Waals surface area (Å²) >= 11 is 7.09. The number of hydrogen-bond donors (Lipinski definition) is 2. The molecule has 1 aliphatic heterocycles. The summed E-state index contributed by atoms with van der Waals surface area (Å²) in [5.74, 6) is -0.127. The highest BCUT2D eigenvalue weighted by Crippen LogP contribution is 2.26. The third kappa shape index (κ3) is 4.71. The highest BCUT2D eigenvalue weighted by Gasteiger charge is 2.22. The molecule has 1 saturated heterocycles. The van der Waals surface area contributed by atoms with Crippen LogP contribution in [0, 0.1) is 0 Å². The van der Waals surface area contributed by atoms with Gasteiger partial charge in [-0.2, -0.15) is 0 Å². The predicted molar refractivity (Wildman–Crippen MR) is 102 cm³/mol. The van der Waals surface area contributed by atoms with Crippen molar-refractivity contribution < 1.29 is 13.2 Å². The number of nitrogens with zero attached hydrogens (tertiary/aromatic N) is 3. The number of nitrogens with two attached hydrogens (primary N) is 1. The Hall–Kier alpha value is -1.72. The first-order chi connectivity index (χ1) is 12.3. The monoisotopic (exact) mass is 415 g/mol. The minimum absolute atomic E-state index is 0.0500. The van der Waals surface area contributed by atoms with Crippen molar-refractivity contribution in [3.63, 3.8) is 0 Å². The molecule has 26 heavy (non-hydrogen) atoms. The van der Waals surface area contributed by atoms with Gasteiger partial charge in [-0.3, -0.25) is 9.69 Å². The number of para-hydroxylation sites is 1. The van der Waals surface area contributed by atoms with E-state index in [2.05, 4.69) is 10.3 Å². The van der Waals surface area contributed by atoms with Crippen LogP contribution in [0.1, 0.15) is 0 Å². The number of amides is 1. The van der Waals surface area contributed by atoms with Crippen molar-refractivity contribution in [3.05, 3.63) is 35.5 Å². The lowest BCUT2D eigenvalue weighted by atomic mass is 10.3. The molecule has 0 radical (unpaired) electrons. The van der Waals surface area contributed by atoms with E-state index in [-0.39, 0.29) is 16.7 Å². The second-order valence-corrected chi connectivity index (χ2v) is 9.00. The lowest BCUT2D eigenvalue weighted by Gasteiger charge is -2.34. The fourth-order valence-electron chi connectivity index (χ4n) is 2.58. The van der Waals surface area contributed by atoms with Crippen LogP contribution in [0.3, 0.4) is 0 Å². The van der Waals surface area contributed by atoms with Gasteiger partial charge >= 0.3 is 0 Å². The first-order valence-corrected chi connectivity index (χ1v) is 10.6. The van der Waals surface area contributed by atoms with Crippen LogP contribution in [0.2, 0.25) is 5.02 Å². The summed E-state index contributed by atoms with van der Waals surface area (Å²) in [6.07, 6.45) is 1.28. The van der Waals surface area contributed by atoms with E-state index in [1.807, 2.05) is 15.9 Å². The van der Waals surface area contributed by atoms with Crippen LogP contribution in [0.4, 0.5) is 10.8 Å². The molecule has 1 amide bonds. The number of carbonyl (C=O) groups is 1. The largest absolute Gasteiger partial charge is 0.345 e. The maximum absolute atomic E-state index is 12.2. The van der Waals surface area contributed by atoms with Gasteiger partial charge < -0.3 is 10.2 Å². The molecule has 0 unspecified atom stereocenters. The third-order valence-corrected chi connectivity index (χ3v) is 6.71. The number of benzene rings is 1. The van der Waals surface area contributed by atoms with Crippen molar-refractivity contribution in [1.82, 2.24) is 9.88 Å². The second kappa shape index (κ2) is 7.89. The Labute approximate surface area is 160 Å².